The van der Waals surface area contributed by atoms with E-state index in [0.29, 0.717) is 30.8 Å². The van der Waals surface area contributed by atoms with Gasteiger partial charge in [-0.3, -0.25) is 19.3 Å². The van der Waals surface area contributed by atoms with Gasteiger partial charge in [0.15, 0.2) is 0 Å². The van der Waals surface area contributed by atoms with Crippen LogP contribution in [0.3, 0.4) is 0 Å². The zero-order valence-corrected chi connectivity index (χ0v) is 15.5. The van der Waals surface area contributed by atoms with Crippen molar-refractivity contribution in [1.29, 1.82) is 0 Å². The number of hydrogen-bond donors (Lipinski definition) is 2. The summed E-state index contributed by atoms with van der Waals surface area (Å²) in [4.78, 5) is 27.1. The van der Waals surface area contributed by atoms with Gasteiger partial charge in [0.1, 0.15) is 5.84 Å². The Labute approximate surface area is 153 Å². The van der Waals surface area contributed by atoms with Crippen LogP contribution in [0.1, 0.15) is 37.7 Å². The lowest BCUT2D eigenvalue weighted by atomic mass is 10.2. The maximum absolute atomic E-state index is 12.0. The summed E-state index contributed by atoms with van der Waals surface area (Å²) in [5, 5.41) is 2.66. The quantitative estimate of drug-likeness (QED) is 0.489. The van der Waals surface area contributed by atoms with Crippen LogP contribution in [0.4, 0.5) is 0 Å². The molecular weight excluding hydrogens is 358 g/mol. The number of sulfonamides is 1. The molecule has 0 radical (unpaired) electrons. The molecule has 0 spiro atoms. The first-order chi connectivity index (χ1) is 12.4. The van der Waals surface area contributed by atoms with Crippen LogP contribution in [0.15, 0.2) is 34.2 Å². The number of amides is 1. The second-order valence-electron chi connectivity index (χ2n) is 5.82. The molecule has 8 nitrogen and oxygen atoms in total. The number of unbranched alkanes of at least 4 members (excludes halogenated alkanes) is 2. The Morgan fingerprint density at radius 2 is 1.92 bits per heavy atom. The van der Waals surface area contributed by atoms with E-state index in [0.717, 1.165) is 12.8 Å². The molecule has 0 unspecified atom stereocenters. The van der Waals surface area contributed by atoms with Crippen molar-refractivity contribution in [2.45, 2.75) is 37.0 Å². The summed E-state index contributed by atoms with van der Waals surface area (Å²) in [5.74, 6) is -0.0765. The number of rotatable bonds is 9. The first-order valence-corrected chi connectivity index (χ1v) is 9.92. The first-order valence-electron chi connectivity index (χ1n) is 8.44. The van der Waals surface area contributed by atoms with Gasteiger partial charge in [0.25, 0.3) is 10.0 Å². The fourth-order valence-electron chi connectivity index (χ4n) is 2.51. The van der Waals surface area contributed by atoms with E-state index in [2.05, 4.69) is 19.8 Å². The standard InChI is InChI=1S/C17H23N3O5S/c1-25-16(22)10-12-18-15(21)9-3-2-6-11-19-17-13-7-4-5-8-14(13)26(23,24)20-17/h4-5,7-8H,2-3,6,9-12H2,1H3,(H,18,21)(H,19,20). The minimum Gasteiger partial charge on any atom is -0.469 e. The molecule has 1 aliphatic heterocycles. The summed E-state index contributed by atoms with van der Waals surface area (Å²) in [6, 6.07) is 6.73. The second kappa shape index (κ2) is 9.33. The number of fused-ring (bicyclic) bond motifs is 1. The van der Waals surface area contributed by atoms with E-state index in [1.54, 1.807) is 24.3 Å². The molecule has 1 amide bonds. The van der Waals surface area contributed by atoms with E-state index in [-0.39, 0.29) is 29.7 Å². The predicted molar refractivity (Wildman–Crippen MR) is 96.3 cm³/mol. The Morgan fingerprint density at radius 1 is 1.15 bits per heavy atom. The van der Waals surface area contributed by atoms with Crippen LogP contribution in [0, 0.1) is 0 Å². The molecular formula is C17H23N3O5S. The number of esters is 1. The van der Waals surface area contributed by atoms with Gasteiger partial charge in [0.05, 0.1) is 18.4 Å². The molecule has 0 bridgehead atoms. The molecule has 9 heteroatoms. The summed E-state index contributed by atoms with van der Waals surface area (Å²) in [7, 11) is -2.19. The van der Waals surface area contributed by atoms with Crippen molar-refractivity contribution in [3.05, 3.63) is 29.8 Å². The number of methoxy groups -OCH3 is 1. The number of hydrogen-bond acceptors (Lipinski definition) is 6. The van der Waals surface area contributed by atoms with Crippen LogP contribution in [-0.2, 0) is 24.3 Å². The van der Waals surface area contributed by atoms with Gasteiger partial charge in [-0.05, 0) is 25.0 Å². The lowest BCUT2D eigenvalue weighted by molar-refractivity contribution is -0.140. The number of carbonyl (C=O) groups is 2. The average molecular weight is 381 g/mol. The van der Waals surface area contributed by atoms with Gasteiger partial charge in [-0.25, -0.2) is 8.42 Å². The van der Waals surface area contributed by atoms with Crippen molar-refractivity contribution < 1.29 is 22.7 Å². The molecule has 142 valence electrons. The number of amidine groups is 1. The van der Waals surface area contributed by atoms with Gasteiger partial charge in [-0.1, -0.05) is 18.6 Å². The van der Waals surface area contributed by atoms with E-state index in [1.165, 1.54) is 7.11 Å². The maximum atomic E-state index is 12.0. The van der Waals surface area contributed by atoms with Gasteiger partial charge in [0, 0.05) is 25.1 Å². The number of benzene rings is 1. The molecule has 2 rings (SSSR count). The molecule has 1 heterocycles. The molecule has 0 aliphatic carbocycles. The molecule has 1 aromatic rings. The minimum absolute atomic E-state index is 0.0994. The van der Waals surface area contributed by atoms with E-state index in [9.17, 15) is 18.0 Å². The zero-order valence-electron chi connectivity index (χ0n) is 14.7. The molecule has 0 saturated carbocycles. The molecule has 0 aromatic heterocycles. The number of nitrogens with one attached hydrogen (secondary N) is 2. The van der Waals surface area contributed by atoms with E-state index < -0.39 is 10.0 Å². The highest BCUT2D eigenvalue weighted by atomic mass is 32.2. The summed E-state index contributed by atoms with van der Waals surface area (Å²) in [6.45, 7) is 0.759. The number of ether oxygens (including phenoxy) is 1. The highest BCUT2D eigenvalue weighted by molar-refractivity contribution is 7.90. The van der Waals surface area contributed by atoms with E-state index in [1.807, 2.05) is 0 Å². The Kier molecular flexibility index (Phi) is 7.14. The fourth-order valence-corrected chi connectivity index (χ4v) is 3.76. The third-order valence-electron chi connectivity index (χ3n) is 3.87. The first kappa shape index (κ1) is 19.9. The monoisotopic (exact) mass is 381 g/mol. The zero-order chi connectivity index (χ0) is 19.0. The largest absolute Gasteiger partial charge is 0.469 e. The molecule has 26 heavy (non-hydrogen) atoms. The Hall–Kier alpha value is -2.42. The molecule has 1 aromatic carbocycles. The van der Waals surface area contributed by atoms with Crippen LogP contribution in [0.5, 0.6) is 0 Å². The van der Waals surface area contributed by atoms with Crippen LogP contribution < -0.4 is 10.0 Å². The Bertz CT molecular complexity index is 789. The summed E-state index contributed by atoms with van der Waals surface area (Å²) in [6.07, 6.45) is 2.81. The molecule has 0 saturated heterocycles. The van der Waals surface area contributed by atoms with Crippen LogP contribution in [0.25, 0.3) is 0 Å². The van der Waals surface area contributed by atoms with Crippen LogP contribution in [0.2, 0.25) is 0 Å². The van der Waals surface area contributed by atoms with Crippen molar-refractivity contribution in [2.75, 3.05) is 20.2 Å². The van der Waals surface area contributed by atoms with Crippen molar-refractivity contribution in [3.63, 3.8) is 0 Å². The van der Waals surface area contributed by atoms with Gasteiger partial charge >= 0.3 is 5.97 Å². The molecule has 2 N–H and O–H groups in total. The third-order valence-corrected chi connectivity index (χ3v) is 5.27. The van der Waals surface area contributed by atoms with Crippen LogP contribution >= 0.6 is 0 Å². The maximum Gasteiger partial charge on any atom is 0.307 e. The number of carbonyl (C=O) groups excluding carboxylic acids is 2. The van der Waals surface area contributed by atoms with E-state index in [4.69, 9.17) is 0 Å². The molecule has 0 fully saturated rings. The van der Waals surface area contributed by atoms with Crippen molar-refractivity contribution in [2.24, 2.45) is 4.99 Å². The fraction of sp³-hybridized carbons (Fsp3) is 0.471. The Balaban J connectivity index is 1.66. The van der Waals surface area contributed by atoms with Gasteiger partial charge < -0.3 is 10.1 Å². The average Bonchev–Trinajstić information content (AvgIpc) is 2.88. The topological polar surface area (TPSA) is 114 Å². The van der Waals surface area contributed by atoms with Gasteiger partial charge in [-0.2, -0.15) is 0 Å². The number of aliphatic imine (C=N–C) groups is 1. The summed E-state index contributed by atoms with van der Waals surface area (Å²) < 4.78 is 30.9. The normalized spacial score (nSPS) is 16.0. The van der Waals surface area contributed by atoms with Crippen molar-refractivity contribution in [1.82, 2.24) is 10.0 Å². The van der Waals surface area contributed by atoms with Gasteiger partial charge in [-0.15, -0.1) is 0 Å². The van der Waals surface area contributed by atoms with Crippen molar-refractivity contribution in [3.8, 4) is 0 Å². The minimum atomic E-state index is -3.50. The second-order valence-corrected chi connectivity index (χ2v) is 7.47. The summed E-state index contributed by atoms with van der Waals surface area (Å²) in [5.41, 5.74) is 0.595. The van der Waals surface area contributed by atoms with Gasteiger partial charge in [0.2, 0.25) is 5.91 Å². The predicted octanol–water partition coefficient (Wildman–Crippen LogP) is 0.965. The van der Waals surface area contributed by atoms with E-state index >= 15 is 0 Å². The Morgan fingerprint density at radius 3 is 2.69 bits per heavy atom. The summed E-state index contributed by atoms with van der Waals surface area (Å²) >= 11 is 0. The third kappa shape index (κ3) is 5.55. The highest BCUT2D eigenvalue weighted by Crippen LogP contribution is 2.22. The highest BCUT2D eigenvalue weighted by Gasteiger charge is 2.29. The lowest BCUT2D eigenvalue weighted by Gasteiger charge is -2.04. The number of nitrogens with zero attached hydrogens (tertiary/aromatic N) is 1. The lowest BCUT2D eigenvalue weighted by Crippen LogP contribution is -2.26. The smallest absolute Gasteiger partial charge is 0.307 e. The van der Waals surface area contributed by atoms with Crippen LogP contribution in [-0.4, -0.2) is 46.3 Å². The molecule has 0 atom stereocenters. The molecule has 1 aliphatic rings. The SMILES string of the molecule is COC(=O)CCNC(=O)CCCCCN=C1NS(=O)(=O)c2ccccc21. The van der Waals surface area contributed by atoms with Crippen molar-refractivity contribution >= 4 is 27.7 Å².